The van der Waals surface area contributed by atoms with Crippen LogP contribution in [0.15, 0.2) is 24.3 Å². The Morgan fingerprint density at radius 1 is 1.33 bits per heavy atom. The lowest BCUT2D eigenvalue weighted by Crippen LogP contribution is -2.08. The van der Waals surface area contributed by atoms with Gasteiger partial charge in [-0.2, -0.15) is 0 Å². The van der Waals surface area contributed by atoms with E-state index in [1.165, 1.54) is 0 Å². The molecule has 4 heteroatoms. The highest BCUT2D eigenvalue weighted by Gasteiger charge is 2.21. The second-order valence-electron chi connectivity index (χ2n) is 5.42. The molecular formula is C17H21NO2S. The largest absolute Gasteiger partial charge is 0.461 e. The van der Waals surface area contributed by atoms with Gasteiger partial charge in [0.2, 0.25) is 0 Å². The number of hydrogen-bond donors (Lipinski definition) is 0. The van der Waals surface area contributed by atoms with E-state index in [9.17, 15) is 4.79 Å². The summed E-state index contributed by atoms with van der Waals surface area (Å²) in [6, 6.07) is 8.11. The molecule has 0 aliphatic rings. The first-order valence-corrected chi connectivity index (χ1v) is 8.07. The molecule has 0 aliphatic heterocycles. The van der Waals surface area contributed by atoms with E-state index in [4.69, 9.17) is 4.74 Å². The van der Waals surface area contributed by atoms with Crippen molar-refractivity contribution in [2.45, 2.75) is 34.1 Å². The number of nitrogens with zero attached hydrogens (tertiary/aromatic N) is 1. The summed E-state index contributed by atoms with van der Waals surface area (Å²) in [5.41, 5.74) is 2.73. The average molecular weight is 303 g/mol. The fourth-order valence-corrected chi connectivity index (χ4v) is 3.50. The highest BCUT2D eigenvalue weighted by atomic mass is 32.1. The van der Waals surface area contributed by atoms with Crippen molar-refractivity contribution in [2.24, 2.45) is 5.92 Å². The van der Waals surface area contributed by atoms with E-state index < -0.39 is 0 Å². The Hall–Kier alpha value is -1.68. The molecule has 112 valence electrons. The van der Waals surface area contributed by atoms with Crippen molar-refractivity contribution in [3.8, 4) is 10.6 Å². The molecule has 0 bridgehead atoms. The Kier molecular flexibility index (Phi) is 5.12. The van der Waals surface area contributed by atoms with Gasteiger partial charge < -0.3 is 4.74 Å². The van der Waals surface area contributed by atoms with Gasteiger partial charge in [-0.15, -0.1) is 11.3 Å². The van der Waals surface area contributed by atoms with Crippen LogP contribution in [0.5, 0.6) is 0 Å². The zero-order chi connectivity index (χ0) is 15.4. The smallest absolute Gasteiger partial charge is 0.358 e. The third kappa shape index (κ3) is 3.70. The molecule has 3 nitrogen and oxygen atoms in total. The highest BCUT2D eigenvalue weighted by molar-refractivity contribution is 7.15. The van der Waals surface area contributed by atoms with E-state index in [1.807, 2.05) is 25.1 Å². The molecule has 1 aromatic heterocycles. The van der Waals surface area contributed by atoms with E-state index in [1.54, 1.807) is 11.3 Å². The second kappa shape index (κ2) is 6.85. The molecule has 1 aromatic carbocycles. The minimum atomic E-state index is -0.316. The van der Waals surface area contributed by atoms with Gasteiger partial charge in [0.25, 0.3) is 0 Å². The minimum Gasteiger partial charge on any atom is -0.461 e. The van der Waals surface area contributed by atoms with Crippen LogP contribution in [-0.4, -0.2) is 17.6 Å². The summed E-state index contributed by atoms with van der Waals surface area (Å²) in [4.78, 5) is 17.7. The van der Waals surface area contributed by atoms with Crippen LogP contribution in [0.25, 0.3) is 10.6 Å². The van der Waals surface area contributed by atoms with Gasteiger partial charge in [0, 0.05) is 10.4 Å². The molecule has 1 heterocycles. The first-order chi connectivity index (χ1) is 10.0. The van der Waals surface area contributed by atoms with Crippen molar-refractivity contribution in [2.75, 3.05) is 6.61 Å². The molecule has 0 spiro atoms. The summed E-state index contributed by atoms with van der Waals surface area (Å²) in [7, 11) is 0. The van der Waals surface area contributed by atoms with Gasteiger partial charge in [-0.3, -0.25) is 0 Å². The monoisotopic (exact) mass is 303 g/mol. The fraction of sp³-hybridized carbons (Fsp3) is 0.412. The number of rotatable bonds is 5. The van der Waals surface area contributed by atoms with Crippen molar-refractivity contribution >= 4 is 17.3 Å². The average Bonchev–Trinajstić information content (AvgIpc) is 2.82. The number of carbonyl (C=O) groups is 1. The van der Waals surface area contributed by atoms with E-state index >= 15 is 0 Å². The van der Waals surface area contributed by atoms with Gasteiger partial charge in [0.15, 0.2) is 5.69 Å². The lowest BCUT2D eigenvalue weighted by atomic mass is 10.1. The van der Waals surface area contributed by atoms with Gasteiger partial charge in [-0.05, 0) is 31.7 Å². The Labute approximate surface area is 130 Å². The van der Waals surface area contributed by atoms with Crippen LogP contribution in [0.2, 0.25) is 0 Å². The molecule has 0 fully saturated rings. The first-order valence-electron chi connectivity index (χ1n) is 7.25. The summed E-state index contributed by atoms with van der Waals surface area (Å²) >= 11 is 1.60. The van der Waals surface area contributed by atoms with Crippen molar-refractivity contribution in [3.05, 3.63) is 40.4 Å². The van der Waals surface area contributed by atoms with Crippen LogP contribution in [0.1, 0.15) is 41.7 Å². The van der Waals surface area contributed by atoms with Crippen molar-refractivity contribution in [3.63, 3.8) is 0 Å². The zero-order valence-corrected chi connectivity index (χ0v) is 13.8. The van der Waals surface area contributed by atoms with Crippen LogP contribution in [0, 0.1) is 12.8 Å². The molecule has 0 saturated heterocycles. The Morgan fingerprint density at radius 3 is 2.67 bits per heavy atom. The van der Waals surface area contributed by atoms with E-state index in [-0.39, 0.29) is 5.97 Å². The minimum absolute atomic E-state index is 0.316. The van der Waals surface area contributed by atoms with Crippen LogP contribution in [0.3, 0.4) is 0 Å². The van der Waals surface area contributed by atoms with Crippen molar-refractivity contribution < 1.29 is 9.53 Å². The van der Waals surface area contributed by atoms with E-state index in [2.05, 4.69) is 31.8 Å². The van der Waals surface area contributed by atoms with Crippen LogP contribution >= 0.6 is 11.3 Å². The third-order valence-electron chi connectivity index (χ3n) is 3.14. The first kappa shape index (κ1) is 15.7. The molecule has 0 amide bonds. The SMILES string of the molecule is CCOC(=O)c1nc(-c2ccccc2C)sc1CC(C)C. The topological polar surface area (TPSA) is 39.2 Å². The Morgan fingerprint density at radius 2 is 2.05 bits per heavy atom. The maximum Gasteiger partial charge on any atom is 0.358 e. The fourth-order valence-electron chi connectivity index (χ4n) is 2.15. The molecule has 0 aliphatic carbocycles. The lowest BCUT2D eigenvalue weighted by Gasteiger charge is -2.04. The second-order valence-corrected chi connectivity index (χ2v) is 6.51. The normalized spacial score (nSPS) is 10.9. The molecule has 0 N–H and O–H groups in total. The Bertz CT molecular complexity index is 631. The summed E-state index contributed by atoms with van der Waals surface area (Å²) in [5.74, 6) is 0.160. The summed E-state index contributed by atoms with van der Waals surface area (Å²) in [6.45, 7) is 8.53. The molecule has 21 heavy (non-hydrogen) atoms. The predicted octanol–water partition coefficient (Wildman–Crippen LogP) is 4.49. The third-order valence-corrected chi connectivity index (χ3v) is 4.25. The summed E-state index contributed by atoms with van der Waals surface area (Å²) in [5, 5.41) is 0.895. The van der Waals surface area contributed by atoms with E-state index in [0.717, 1.165) is 27.4 Å². The molecule has 2 aromatic rings. The number of esters is 1. The molecule has 0 atom stereocenters. The van der Waals surface area contributed by atoms with Gasteiger partial charge in [0.05, 0.1) is 6.61 Å². The number of thiazole rings is 1. The zero-order valence-electron chi connectivity index (χ0n) is 13.0. The summed E-state index contributed by atoms with van der Waals surface area (Å²) < 4.78 is 5.13. The van der Waals surface area contributed by atoms with Gasteiger partial charge in [-0.1, -0.05) is 38.1 Å². The van der Waals surface area contributed by atoms with Crippen molar-refractivity contribution in [1.29, 1.82) is 0 Å². The number of ether oxygens (including phenoxy) is 1. The van der Waals surface area contributed by atoms with Gasteiger partial charge in [0.1, 0.15) is 5.01 Å². The quantitative estimate of drug-likeness (QED) is 0.764. The molecule has 0 unspecified atom stereocenters. The highest BCUT2D eigenvalue weighted by Crippen LogP contribution is 2.32. The van der Waals surface area contributed by atoms with Crippen LogP contribution < -0.4 is 0 Å². The number of hydrogen-bond acceptors (Lipinski definition) is 4. The van der Waals surface area contributed by atoms with Crippen molar-refractivity contribution in [1.82, 2.24) is 4.98 Å². The maximum absolute atomic E-state index is 12.1. The molecule has 0 saturated carbocycles. The van der Waals surface area contributed by atoms with Gasteiger partial charge >= 0.3 is 5.97 Å². The van der Waals surface area contributed by atoms with Gasteiger partial charge in [-0.25, -0.2) is 9.78 Å². The van der Waals surface area contributed by atoms with Crippen LogP contribution in [-0.2, 0) is 11.2 Å². The van der Waals surface area contributed by atoms with Crippen LogP contribution in [0.4, 0.5) is 0 Å². The Balaban J connectivity index is 2.45. The summed E-state index contributed by atoms with van der Waals surface area (Å²) in [6.07, 6.45) is 0.845. The maximum atomic E-state index is 12.1. The van der Waals surface area contributed by atoms with E-state index in [0.29, 0.717) is 18.2 Å². The predicted molar refractivity (Wildman–Crippen MR) is 86.8 cm³/mol. The standard InChI is InChI=1S/C17H21NO2S/c1-5-20-17(19)15-14(10-11(2)3)21-16(18-15)13-9-7-6-8-12(13)4/h6-9,11H,5,10H2,1-4H3. The molecular weight excluding hydrogens is 282 g/mol. The number of benzene rings is 1. The lowest BCUT2D eigenvalue weighted by molar-refractivity contribution is 0.0519. The number of aromatic nitrogens is 1. The number of carbonyl (C=O) groups excluding carboxylic acids is 1. The molecule has 2 rings (SSSR count). The molecule has 0 radical (unpaired) electrons. The number of aryl methyl sites for hydroxylation is 1.